The second-order valence-electron chi connectivity index (χ2n) is 3.29. The molecule has 2 aromatic rings. The summed E-state index contributed by atoms with van der Waals surface area (Å²) in [5.74, 6) is -2.51. The van der Waals surface area contributed by atoms with Crippen molar-refractivity contribution in [2.24, 2.45) is 0 Å². The van der Waals surface area contributed by atoms with Crippen molar-refractivity contribution in [1.82, 2.24) is 4.98 Å². The van der Waals surface area contributed by atoms with Crippen LogP contribution in [0.4, 0.5) is 13.2 Å². The molecule has 0 aliphatic rings. The van der Waals surface area contributed by atoms with E-state index in [9.17, 15) is 13.2 Å². The highest BCUT2D eigenvalue weighted by atomic mass is 19.1. The molecule has 17 heavy (non-hydrogen) atoms. The van der Waals surface area contributed by atoms with Gasteiger partial charge in [0.25, 0.3) is 0 Å². The number of aromatic nitrogens is 1. The Balaban J connectivity index is 2.65. The maximum absolute atomic E-state index is 13.7. The van der Waals surface area contributed by atoms with E-state index in [1.807, 2.05) is 0 Å². The first-order chi connectivity index (χ1) is 8.11. The summed E-state index contributed by atoms with van der Waals surface area (Å²) >= 11 is 0. The van der Waals surface area contributed by atoms with E-state index in [1.54, 1.807) is 6.07 Å². The molecular formula is C12H5F3N2. The van der Waals surface area contributed by atoms with Crippen LogP contribution >= 0.6 is 0 Å². The lowest BCUT2D eigenvalue weighted by Crippen LogP contribution is -1.94. The zero-order valence-electron chi connectivity index (χ0n) is 8.42. The summed E-state index contributed by atoms with van der Waals surface area (Å²) in [6.45, 7) is 0. The molecule has 1 aromatic heterocycles. The minimum Gasteiger partial charge on any atom is -0.243 e. The molecule has 0 radical (unpaired) electrons. The van der Waals surface area contributed by atoms with Crippen LogP contribution in [-0.4, -0.2) is 4.98 Å². The van der Waals surface area contributed by atoms with Gasteiger partial charge in [-0.3, -0.25) is 0 Å². The highest BCUT2D eigenvalue weighted by Crippen LogP contribution is 2.25. The Bertz CT molecular complexity index is 597. The molecule has 0 N–H and O–H groups in total. The summed E-state index contributed by atoms with van der Waals surface area (Å²) in [7, 11) is 0. The van der Waals surface area contributed by atoms with E-state index in [0.29, 0.717) is 6.07 Å². The molecule has 0 amide bonds. The maximum atomic E-state index is 13.7. The first-order valence-corrected chi connectivity index (χ1v) is 4.63. The topological polar surface area (TPSA) is 36.7 Å². The van der Waals surface area contributed by atoms with Gasteiger partial charge in [-0.1, -0.05) is 0 Å². The van der Waals surface area contributed by atoms with E-state index in [-0.39, 0.29) is 11.1 Å². The van der Waals surface area contributed by atoms with E-state index < -0.39 is 23.1 Å². The van der Waals surface area contributed by atoms with E-state index in [2.05, 4.69) is 4.98 Å². The molecule has 0 aliphatic heterocycles. The average molecular weight is 234 g/mol. The van der Waals surface area contributed by atoms with Crippen molar-refractivity contribution < 1.29 is 13.2 Å². The zero-order valence-corrected chi connectivity index (χ0v) is 8.42. The monoisotopic (exact) mass is 234 g/mol. The van der Waals surface area contributed by atoms with Crippen molar-refractivity contribution >= 4 is 0 Å². The van der Waals surface area contributed by atoms with Gasteiger partial charge in [0.1, 0.15) is 17.7 Å². The number of nitrogens with zero attached hydrogens (tertiary/aromatic N) is 2. The van der Waals surface area contributed by atoms with Gasteiger partial charge < -0.3 is 0 Å². The van der Waals surface area contributed by atoms with Gasteiger partial charge in [0.05, 0.1) is 0 Å². The molecular weight excluding hydrogens is 229 g/mol. The largest absolute Gasteiger partial charge is 0.243 e. The Kier molecular flexibility index (Phi) is 2.79. The third kappa shape index (κ3) is 2.11. The smallest absolute Gasteiger partial charge is 0.176 e. The van der Waals surface area contributed by atoms with E-state index in [1.165, 1.54) is 12.3 Å². The fourth-order valence-corrected chi connectivity index (χ4v) is 1.45. The second-order valence-corrected chi connectivity index (χ2v) is 3.29. The van der Waals surface area contributed by atoms with Gasteiger partial charge in [0.15, 0.2) is 11.5 Å². The summed E-state index contributed by atoms with van der Waals surface area (Å²) in [6, 6.07) is 5.48. The molecule has 0 atom stereocenters. The molecule has 0 fully saturated rings. The SMILES string of the molecule is N#Cc1nccc(-c2cc(F)cc(F)c2)c1F. The molecule has 2 rings (SSSR count). The predicted molar refractivity (Wildman–Crippen MR) is 54.3 cm³/mol. The molecule has 0 saturated heterocycles. The minimum absolute atomic E-state index is 0.0268. The number of hydrogen-bond acceptors (Lipinski definition) is 2. The summed E-state index contributed by atoms with van der Waals surface area (Å²) in [4.78, 5) is 3.50. The molecule has 0 bridgehead atoms. The predicted octanol–water partition coefficient (Wildman–Crippen LogP) is 3.04. The van der Waals surface area contributed by atoms with Crippen LogP contribution in [0.3, 0.4) is 0 Å². The van der Waals surface area contributed by atoms with Gasteiger partial charge in [-0.2, -0.15) is 5.26 Å². The van der Waals surface area contributed by atoms with Crippen LogP contribution in [0.25, 0.3) is 11.1 Å². The number of nitriles is 1. The van der Waals surface area contributed by atoms with Gasteiger partial charge in [-0.05, 0) is 23.8 Å². The third-order valence-electron chi connectivity index (χ3n) is 2.17. The van der Waals surface area contributed by atoms with Gasteiger partial charge in [-0.15, -0.1) is 0 Å². The van der Waals surface area contributed by atoms with Crippen LogP contribution in [0.5, 0.6) is 0 Å². The molecule has 2 nitrogen and oxygen atoms in total. The lowest BCUT2D eigenvalue weighted by Gasteiger charge is -2.04. The van der Waals surface area contributed by atoms with Gasteiger partial charge >= 0.3 is 0 Å². The van der Waals surface area contributed by atoms with Crippen LogP contribution in [0, 0.1) is 28.8 Å². The highest BCUT2D eigenvalue weighted by Gasteiger charge is 2.12. The second kappa shape index (κ2) is 4.26. The zero-order chi connectivity index (χ0) is 12.4. The van der Waals surface area contributed by atoms with Crippen molar-refractivity contribution in [2.75, 3.05) is 0 Å². The van der Waals surface area contributed by atoms with E-state index in [4.69, 9.17) is 5.26 Å². The summed E-state index contributed by atoms with van der Waals surface area (Å²) in [5, 5.41) is 8.60. The van der Waals surface area contributed by atoms with Crippen molar-refractivity contribution in [3.63, 3.8) is 0 Å². The van der Waals surface area contributed by atoms with E-state index >= 15 is 0 Å². The molecule has 0 aliphatic carbocycles. The first kappa shape index (κ1) is 11.1. The van der Waals surface area contributed by atoms with Gasteiger partial charge in [-0.25, -0.2) is 18.2 Å². The number of rotatable bonds is 1. The van der Waals surface area contributed by atoms with Crippen molar-refractivity contribution in [3.8, 4) is 17.2 Å². The molecule has 0 saturated carbocycles. The fraction of sp³-hybridized carbons (Fsp3) is 0. The average Bonchev–Trinajstić information content (AvgIpc) is 2.28. The number of hydrogen-bond donors (Lipinski definition) is 0. The summed E-state index contributed by atoms with van der Waals surface area (Å²) in [5.41, 5.74) is -0.444. The van der Waals surface area contributed by atoms with Crippen LogP contribution in [0.1, 0.15) is 5.69 Å². The normalized spacial score (nSPS) is 10.0. The van der Waals surface area contributed by atoms with Gasteiger partial charge in [0.2, 0.25) is 0 Å². The summed E-state index contributed by atoms with van der Waals surface area (Å²) < 4.78 is 39.7. The van der Waals surface area contributed by atoms with Crippen molar-refractivity contribution in [1.29, 1.82) is 5.26 Å². The molecule has 5 heteroatoms. The standard InChI is InChI=1S/C12H5F3N2/c13-8-3-7(4-9(14)5-8)10-1-2-17-11(6-16)12(10)15/h1-5H. The first-order valence-electron chi connectivity index (χ1n) is 4.63. The maximum Gasteiger partial charge on any atom is 0.176 e. The van der Waals surface area contributed by atoms with E-state index in [0.717, 1.165) is 12.1 Å². The number of halogens is 3. The van der Waals surface area contributed by atoms with Crippen LogP contribution < -0.4 is 0 Å². The molecule has 84 valence electrons. The molecule has 0 unspecified atom stereocenters. The van der Waals surface area contributed by atoms with Gasteiger partial charge in [0, 0.05) is 17.8 Å². The lowest BCUT2D eigenvalue weighted by atomic mass is 10.1. The Hall–Kier alpha value is -2.35. The quantitative estimate of drug-likeness (QED) is 0.760. The minimum atomic E-state index is -0.889. The molecule has 1 aromatic carbocycles. The third-order valence-corrected chi connectivity index (χ3v) is 2.17. The fourth-order valence-electron chi connectivity index (χ4n) is 1.45. The number of benzene rings is 1. The van der Waals surface area contributed by atoms with Crippen LogP contribution in [0.15, 0.2) is 30.5 Å². The summed E-state index contributed by atoms with van der Waals surface area (Å²) in [6.07, 6.45) is 1.21. The highest BCUT2D eigenvalue weighted by molar-refractivity contribution is 5.65. The van der Waals surface area contributed by atoms with Crippen molar-refractivity contribution in [3.05, 3.63) is 53.6 Å². The van der Waals surface area contributed by atoms with Crippen LogP contribution in [-0.2, 0) is 0 Å². The molecule has 0 spiro atoms. The Morgan fingerprint density at radius 1 is 1.06 bits per heavy atom. The Morgan fingerprint density at radius 2 is 1.71 bits per heavy atom. The molecule has 1 heterocycles. The lowest BCUT2D eigenvalue weighted by molar-refractivity contribution is 0.583. The Labute approximate surface area is 95.0 Å². The van der Waals surface area contributed by atoms with Crippen molar-refractivity contribution in [2.45, 2.75) is 0 Å². The Morgan fingerprint density at radius 3 is 2.29 bits per heavy atom. The van der Waals surface area contributed by atoms with Crippen LogP contribution in [0.2, 0.25) is 0 Å². The number of pyridine rings is 1.